The van der Waals surface area contributed by atoms with Crippen molar-refractivity contribution in [1.29, 1.82) is 0 Å². The fourth-order valence-corrected chi connectivity index (χ4v) is 2.87. The van der Waals surface area contributed by atoms with Crippen LogP contribution in [0.3, 0.4) is 0 Å². The van der Waals surface area contributed by atoms with Crippen LogP contribution in [0.25, 0.3) is 5.57 Å². The molecule has 0 bridgehead atoms. The van der Waals surface area contributed by atoms with E-state index in [2.05, 4.69) is 10.2 Å². The van der Waals surface area contributed by atoms with Crippen LogP contribution < -0.4 is 5.32 Å². The topological polar surface area (TPSA) is 61.9 Å². The largest absolute Gasteiger partial charge is 0.450 e. The van der Waals surface area contributed by atoms with Crippen LogP contribution in [0, 0.1) is 6.92 Å². The lowest BCUT2D eigenvalue weighted by Crippen LogP contribution is -2.47. The van der Waals surface area contributed by atoms with Crippen molar-refractivity contribution in [3.63, 3.8) is 0 Å². The van der Waals surface area contributed by atoms with Crippen LogP contribution >= 0.6 is 0 Å². The van der Waals surface area contributed by atoms with Gasteiger partial charge in [-0.25, -0.2) is 4.79 Å². The molecule has 0 spiro atoms. The lowest BCUT2D eigenvalue weighted by molar-refractivity contribution is -0.110. The molecule has 2 aliphatic rings. The molecule has 3 rings (SSSR count). The van der Waals surface area contributed by atoms with Crippen LogP contribution in [-0.4, -0.2) is 54.6 Å². The van der Waals surface area contributed by atoms with E-state index in [1.165, 1.54) is 0 Å². The fourth-order valence-electron chi connectivity index (χ4n) is 2.87. The first-order valence-corrected chi connectivity index (χ1v) is 7.88. The van der Waals surface area contributed by atoms with E-state index < -0.39 is 0 Å². The Morgan fingerprint density at radius 1 is 1.30 bits per heavy atom. The lowest BCUT2D eigenvalue weighted by Gasteiger charge is -2.33. The molecular formula is C17H21N3O3. The molecule has 0 atom stereocenters. The number of carbonyl (C=O) groups is 2. The maximum absolute atomic E-state index is 12.2. The zero-order valence-corrected chi connectivity index (χ0v) is 13.5. The number of nitrogens with zero attached hydrogens (tertiary/aromatic N) is 2. The molecule has 2 amide bonds. The summed E-state index contributed by atoms with van der Waals surface area (Å²) in [6.45, 7) is 6.78. The standard InChI is InChI=1S/C17H21N3O3/c1-3-23-17(22)20-8-6-19(7-9-20)11-14-13-5-4-12(2)10-15(13)18-16(14)21/h4-5,10-11H,3,6-9H2,1-2H3,(H,18,21)/b14-11+. The zero-order chi connectivity index (χ0) is 16.4. The summed E-state index contributed by atoms with van der Waals surface area (Å²) in [6, 6.07) is 5.96. The van der Waals surface area contributed by atoms with Crippen molar-refractivity contribution in [2.75, 3.05) is 38.1 Å². The van der Waals surface area contributed by atoms with Crippen molar-refractivity contribution in [3.05, 3.63) is 35.5 Å². The van der Waals surface area contributed by atoms with Gasteiger partial charge in [-0.15, -0.1) is 0 Å². The molecule has 0 aromatic heterocycles. The zero-order valence-electron chi connectivity index (χ0n) is 13.5. The minimum Gasteiger partial charge on any atom is -0.450 e. The number of fused-ring (bicyclic) bond motifs is 1. The predicted octanol–water partition coefficient (Wildman–Crippen LogP) is 2.06. The molecule has 0 radical (unpaired) electrons. The molecule has 23 heavy (non-hydrogen) atoms. The molecule has 6 heteroatoms. The Balaban J connectivity index is 1.70. The number of amides is 2. The molecule has 122 valence electrons. The molecule has 1 N–H and O–H groups in total. The Labute approximate surface area is 135 Å². The maximum atomic E-state index is 12.2. The second kappa shape index (κ2) is 6.32. The Morgan fingerprint density at radius 3 is 2.74 bits per heavy atom. The summed E-state index contributed by atoms with van der Waals surface area (Å²) in [5.74, 6) is -0.0709. The molecule has 0 saturated carbocycles. The van der Waals surface area contributed by atoms with E-state index in [-0.39, 0.29) is 12.0 Å². The van der Waals surface area contributed by atoms with Gasteiger partial charge in [0, 0.05) is 43.6 Å². The summed E-state index contributed by atoms with van der Waals surface area (Å²) in [5, 5.41) is 2.90. The van der Waals surface area contributed by atoms with Gasteiger partial charge in [0.2, 0.25) is 0 Å². The van der Waals surface area contributed by atoms with Gasteiger partial charge in [0.05, 0.1) is 12.2 Å². The maximum Gasteiger partial charge on any atom is 0.409 e. The van der Waals surface area contributed by atoms with E-state index >= 15 is 0 Å². The van der Waals surface area contributed by atoms with Gasteiger partial charge >= 0.3 is 6.09 Å². The van der Waals surface area contributed by atoms with Crippen LogP contribution in [-0.2, 0) is 9.53 Å². The molecule has 2 heterocycles. The summed E-state index contributed by atoms with van der Waals surface area (Å²) < 4.78 is 5.01. The van der Waals surface area contributed by atoms with Gasteiger partial charge in [0.15, 0.2) is 0 Å². The Bertz CT molecular complexity index is 661. The molecule has 1 aromatic carbocycles. The van der Waals surface area contributed by atoms with Crippen molar-refractivity contribution in [2.24, 2.45) is 0 Å². The number of rotatable bonds is 2. The van der Waals surface area contributed by atoms with E-state index in [0.29, 0.717) is 38.4 Å². The lowest BCUT2D eigenvalue weighted by atomic mass is 10.1. The predicted molar refractivity (Wildman–Crippen MR) is 88.0 cm³/mol. The molecule has 1 aromatic rings. The highest BCUT2D eigenvalue weighted by molar-refractivity contribution is 6.31. The van der Waals surface area contributed by atoms with E-state index in [1.54, 1.807) is 11.8 Å². The molecular weight excluding hydrogens is 294 g/mol. The number of piperazine rings is 1. The quantitative estimate of drug-likeness (QED) is 0.849. The van der Waals surface area contributed by atoms with Crippen molar-refractivity contribution in [1.82, 2.24) is 9.80 Å². The summed E-state index contributed by atoms with van der Waals surface area (Å²) in [7, 11) is 0. The van der Waals surface area contributed by atoms with Crippen molar-refractivity contribution >= 4 is 23.3 Å². The minimum atomic E-state index is -0.265. The minimum absolute atomic E-state index is 0.0709. The summed E-state index contributed by atoms with van der Waals surface area (Å²) in [5.41, 5.74) is 3.61. The monoisotopic (exact) mass is 315 g/mol. The third kappa shape index (κ3) is 3.16. The van der Waals surface area contributed by atoms with Gasteiger partial charge in [-0.05, 0) is 25.5 Å². The molecule has 0 aliphatic carbocycles. The smallest absolute Gasteiger partial charge is 0.409 e. The van der Waals surface area contributed by atoms with Gasteiger partial charge < -0.3 is 19.9 Å². The molecule has 1 fully saturated rings. The third-order valence-electron chi connectivity index (χ3n) is 4.11. The number of hydrogen-bond donors (Lipinski definition) is 1. The molecule has 2 aliphatic heterocycles. The number of benzene rings is 1. The van der Waals surface area contributed by atoms with Gasteiger partial charge in [-0.2, -0.15) is 0 Å². The molecule has 6 nitrogen and oxygen atoms in total. The third-order valence-corrected chi connectivity index (χ3v) is 4.11. The van der Waals surface area contributed by atoms with Crippen LogP contribution in [0.5, 0.6) is 0 Å². The highest BCUT2D eigenvalue weighted by Crippen LogP contribution is 2.32. The summed E-state index contributed by atoms with van der Waals surface area (Å²) in [6.07, 6.45) is 1.64. The van der Waals surface area contributed by atoms with Gasteiger partial charge in [0.25, 0.3) is 5.91 Å². The fraction of sp³-hybridized carbons (Fsp3) is 0.412. The van der Waals surface area contributed by atoms with E-state index in [4.69, 9.17) is 4.74 Å². The van der Waals surface area contributed by atoms with Crippen LogP contribution in [0.4, 0.5) is 10.5 Å². The van der Waals surface area contributed by atoms with Crippen molar-refractivity contribution < 1.29 is 14.3 Å². The van der Waals surface area contributed by atoms with Crippen LogP contribution in [0.15, 0.2) is 24.4 Å². The number of carbonyl (C=O) groups excluding carboxylic acids is 2. The number of ether oxygens (including phenoxy) is 1. The van der Waals surface area contributed by atoms with Gasteiger partial charge in [-0.3, -0.25) is 4.79 Å². The first kappa shape index (κ1) is 15.4. The Morgan fingerprint density at radius 2 is 2.04 bits per heavy atom. The summed E-state index contributed by atoms with van der Waals surface area (Å²) >= 11 is 0. The number of hydrogen-bond acceptors (Lipinski definition) is 4. The summed E-state index contributed by atoms with van der Waals surface area (Å²) in [4.78, 5) is 27.7. The number of nitrogens with one attached hydrogen (secondary N) is 1. The highest BCUT2D eigenvalue weighted by atomic mass is 16.6. The normalized spacial score (nSPS) is 18.9. The van der Waals surface area contributed by atoms with E-state index in [1.807, 2.05) is 31.3 Å². The van der Waals surface area contributed by atoms with Crippen LogP contribution in [0.2, 0.25) is 0 Å². The highest BCUT2D eigenvalue weighted by Gasteiger charge is 2.26. The van der Waals surface area contributed by atoms with Crippen LogP contribution in [0.1, 0.15) is 18.1 Å². The Hall–Kier alpha value is -2.50. The SMILES string of the molecule is CCOC(=O)N1CCN(/C=C2/C(=O)Nc3cc(C)ccc32)CC1. The first-order chi connectivity index (χ1) is 11.1. The second-order valence-corrected chi connectivity index (χ2v) is 5.77. The number of aryl methyl sites for hydroxylation is 1. The van der Waals surface area contributed by atoms with Crippen molar-refractivity contribution in [3.8, 4) is 0 Å². The van der Waals surface area contributed by atoms with E-state index in [0.717, 1.165) is 16.8 Å². The van der Waals surface area contributed by atoms with Crippen molar-refractivity contribution in [2.45, 2.75) is 13.8 Å². The van der Waals surface area contributed by atoms with Gasteiger partial charge in [-0.1, -0.05) is 12.1 Å². The first-order valence-electron chi connectivity index (χ1n) is 7.88. The van der Waals surface area contributed by atoms with E-state index in [9.17, 15) is 9.59 Å². The molecule has 0 unspecified atom stereocenters. The average molecular weight is 315 g/mol. The Kier molecular flexibility index (Phi) is 4.23. The average Bonchev–Trinajstić information content (AvgIpc) is 2.83. The molecule has 1 saturated heterocycles. The number of anilines is 1. The second-order valence-electron chi connectivity index (χ2n) is 5.77. The van der Waals surface area contributed by atoms with Gasteiger partial charge in [0.1, 0.15) is 0 Å².